The SMILES string of the molecule is C(=C\c1ccccc1)/COCCOCc1ccccc1. The van der Waals surface area contributed by atoms with E-state index in [9.17, 15) is 0 Å². The molecule has 2 aromatic rings. The molecule has 0 bridgehead atoms. The molecule has 0 aromatic heterocycles. The zero-order valence-electron chi connectivity index (χ0n) is 11.6. The van der Waals surface area contributed by atoms with Gasteiger partial charge in [-0.25, -0.2) is 0 Å². The monoisotopic (exact) mass is 268 g/mol. The van der Waals surface area contributed by atoms with Gasteiger partial charge in [0.2, 0.25) is 0 Å². The number of rotatable bonds is 8. The van der Waals surface area contributed by atoms with Gasteiger partial charge in [-0.2, -0.15) is 0 Å². The zero-order valence-corrected chi connectivity index (χ0v) is 11.6. The third kappa shape index (κ3) is 5.83. The second-order valence-corrected chi connectivity index (χ2v) is 4.43. The largest absolute Gasteiger partial charge is 0.375 e. The Balaban J connectivity index is 1.51. The highest BCUT2D eigenvalue weighted by Gasteiger charge is 1.91. The molecular formula is C18H20O2. The van der Waals surface area contributed by atoms with Crippen molar-refractivity contribution in [3.8, 4) is 0 Å². The molecule has 0 saturated heterocycles. The molecule has 0 unspecified atom stereocenters. The summed E-state index contributed by atoms with van der Waals surface area (Å²) in [6, 6.07) is 20.4. The van der Waals surface area contributed by atoms with Gasteiger partial charge >= 0.3 is 0 Å². The van der Waals surface area contributed by atoms with Crippen molar-refractivity contribution in [3.63, 3.8) is 0 Å². The molecule has 0 heterocycles. The van der Waals surface area contributed by atoms with Crippen molar-refractivity contribution in [2.24, 2.45) is 0 Å². The Hall–Kier alpha value is -1.90. The molecule has 0 aliphatic rings. The topological polar surface area (TPSA) is 18.5 Å². The summed E-state index contributed by atoms with van der Waals surface area (Å²) in [5.74, 6) is 0. The summed E-state index contributed by atoms with van der Waals surface area (Å²) < 4.78 is 11.0. The van der Waals surface area contributed by atoms with Crippen LogP contribution in [0.2, 0.25) is 0 Å². The average molecular weight is 268 g/mol. The molecule has 104 valence electrons. The van der Waals surface area contributed by atoms with Crippen LogP contribution < -0.4 is 0 Å². The van der Waals surface area contributed by atoms with E-state index < -0.39 is 0 Å². The lowest BCUT2D eigenvalue weighted by Gasteiger charge is -2.04. The van der Waals surface area contributed by atoms with Gasteiger partial charge in [0.05, 0.1) is 26.4 Å². The molecule has 0 saturated carbocycles. The molecule has 0 radical (unpaired) electrons. The lowest BCUT2D eigenvalue weighted by Crippen LogP contribution is -2.04. The average Bonchev–Trinajstić information content (AvgIpc) is 2.52. The van der Waals surface area contributed by atoms with Crippen molar-refractivity contribution >= 4 is 6.08 Å². The fraction of sp³-hybridized carbons (Fsp3) is 0.222. The zero-order chi connectivity index (χ0) is 13.9. The van der Waals surface area contributed by atoms with Crippen molar-refractivity contribution in [1.82, 2.24) is 0 Å². The molecule has 2 nitrogen and oxygen atoms in total. The van der Waals surface area contributed by atoms with E-state index in [1.807, 2.05) is 42.5 Å². The molecule has 0 amide bonds. The number of ether oxygens (including phenoxy) is 2. The van der Waals surface area contributed by atoms with Crippen molar-refractivity contribution in [3.05, 3.63) is 77.9 Å². The second-order valence-electron chi connectivity index (χ2n) is 4.43. The maximum absolute atomic E-state index is 5.54. The van der Waals surface area contributed by atoms with Gasteiger partial charge < -0.3 is 9.47 Å². The van der Waals surface area contributed by atoms with Gasteiger partial charge in [-0.1, -0.05) is 72.8 Å². The van der Waals surface area contributed by atoms with Crippen LogP contribution >= 0.6 is 0 Å². The molecule has 2 rings (SSSR count). The van der Waals surface area contributed by atoms with E-state index in [0.29, 0.717) is 26.4 Å². The standard InChI is InChI=1S/C18H20O2/c1-3-8-17(9-4-1)12-7-13-19-14-15-20-16-18-10-5-2-6-11-18/h1-12H,13-16H2/b12-7+. The molecule has 20 heavy (non-hydrogen) atoms. The quantitative estimate of drug-likeness (QED) is 0.675. The summed E-state index contributed by atoms with van der Waals surface area (Å²) in [6.07, 6.45) is 4.08. The van der Waals surface area contributed by atoms with E-state index in [0.717, 1.165) is 0 Å². The van der Waals surface area contributed by atoms with Crippen LogP contribution in [0.5, 0.6) is 0 Å². The van der Waals surface area contributed by atoms with Crippen LogP contribution in [0.25, 0.3) is 6.08 Å². The third-order valence-electron chi connectivity index (χ3n) is 2.81. The highest BCUT2D eigenvalue weighted by molar-refractivity contribution is 5.48. The van der Waals surface area contributed by atoms with Crippen molar-refractivity contribution in [2.45, 2.75) is 6.61 Å². The first-order valence-electron chi connectivity index (χ1n) is 6.86. The summed E-state index contributed by atoms with van der Waals surface area (Å²) in [7, 11) is 0. The van der Waals surface area contributed by atoms with Crippen LogP contribution in [0.1, 0.15) is 11.1 Å². The number of hydrogen-bond donors (Lipinski definition) is 0. The fourth-order valence-corrected chi connectivity index (χ4v) is 1.78. The van der Waals surface area contributed by atoms with Crippen LogP contribution in [0.3, 0.4) is 0 Å². The highest BCUT2D eigenvalue weighted by atomic mass is 16.5. The van der Waals surface area contributed by atoms with Gasteiger partial charge in [-0.3, -0.25) is 0 Å². The second kappa shape index (κ2) is 9.08. The van der Waals surface area contributed by atoms with Gasteiger partial charge in [0.1, 0.15) is 0 Å². The number of benzene rings is 2. The Morgan fingerprint density at radius 1 is 0.750 bits per heavy atom. The van der Waals surface area contributed by atoms with Crippen LogP contribution in [0, 0.1) is 0 Å². The molecule has 0 N–H and O–H groups in total. The summed E-state index contributed by atoms with van der Waals surface area (Å²) >= 11 is 0. The van der Waals surface area contributed by atoms with Gasteiger partial charge in [0.15, 0.2) is 0 Å². The number of hydrogen-bond acceptors (Lipinski definition) is 2. The Morgan fingerprint density at radius 2 is 1.40 bits per heavy atom. The van der Waals surface area contributed by atoms with E-state index in [-0.39, 0.29) is 0 Å². The minimum absolute atomic E-state index is 0.615. The van der Waals surface area contributed by atoms with Crippen LogP contribution in [-0.2, 0) is 16.1 Å². The summed E-state index contributed by atoms with van der Waals surface area (Å²) in [5, 5.41) is 0. The first-order chi connectivity index (χ1) is 9.95. The molecule has 0 spiro atoms. The predicted molar refractivity (Wildman–Crippen MR) is 82.4 cm³/mol. The molecule has 2 heteroatoms. The van der Waals surface area contributed by atoms with Crippen molar-refractivity contribution < 1.29 is 9.47 Å². The molecular weight excluding hydrogens is 248 g/mol. The maximum atomic E-state index is 5.54. The normalized spacial score (nSPS) is 11.0. The lowest BCUT2D eigenvalue weighted by molar-refractivity contribution is 0.0505. The third-order valence-corrected chi connectivity index (χ3v) is 2.81. The Bertz CT molecular complexity index is 491. The van der Waals surface area contributed by atoms with Gasteiger partial charge in [-0.05, 0) is 11.1 Å². The minimum Gasteiger partial charge on any atom is -0.375 e. The van der Waals surface area contributed by atoms with E-state index in [4.69, 9.17) is 9.47 Å². The van der Waals surface area contributed by atoms with Crippen molar-refractivity contribution in [2.75, 3.05) is 19.8 Å². The minimum atomic E-state index is 0.615. The van der Waals surface area contributed by atoms with Crippen LogP contribution in [-0.4, -0.2) is 19.8 Å². The molecule has 2 aromatic carbocycles. The smallest absolute Gasteiger partial charge is 0.0718 e. The van der Waals surface area contributed by atoms with Gasteiger partial charge in [0, 0.05) is 0 Å². The predicted octanol–water partition coefficient (Wildman–Crippen LogP) is 3.93. The van der Waals surface area contributed by atoms with E-state index in [2.05, 4.69) is 30.3 Å². The Labute approximate surface area is 120 Å². The lowest BCUT2D eigenvalue weighted by atomic mass is 10.2. The Kier molecular flexibility index (Phi) is 6.58. The van der Waals surface area contributed by atoms with E-state index >= 15 is 0 Å². The van der Waals surface area contributed by atoms with Crippen molar-refractivity contribution in [1.29, 1.82) is 0 Å². The summed E-state index contributed by atoms with van der Waals surface area (Å²) in [5.41, 5.74) is 2.38. The molecule has 0 aliphatic heterocycles. The molecule has 0 aliphatic carbocycles. The fourth-order valence-electron chi connectivity index (χ4n) is 1.78. The Morgan fingerprint density at radius 3 is 2.15 bits per heavy atom. The first-order valence-corrected chi connectivity index (χ1v) is 6.86. The van der Waals surface area contributed by atoms with Crippen LogP contribution in [0.15, 0.2) is 66.7 Å². The van der Waals surface area contributed by atoms with Crippen LogP contribution in [0.4, 0.5) is 0 Å². The summed E-state index contributed by atoms with van der Waals surface area (Å²) in [6.45, 7) is 2.49. The highest BCUT2D eigenvalue weighted by Crippen LogP contribution is 2.01. The summed E-state index contributed by atoms with van der Waals surface area (Å²) in [4.78, 5) is 0. The van der Waals surface area contributed by atoms with E-state index in [1.54, 1.807) is 0 Å². The molecule has 0 atom stereocenters. The molecule has 0 fully saturated rings. The maximum Gasteiger partial charge on any atom is 0.0718 e. The first kappa shape index (κ1) is 14.5. The van der Waals surface area contributed by atoms with Gasteiger partial charge in [0.25, 0.3) is 0 Å². The van der Waals surface area contributed by atoms with Gasteiger partial charge in [-0.15, -0.1) is 0 Å². The van der Waals surface area contributed by atoms with E-state index in [1.165, 1.54) is 11.1 Å².